The van der Waals surface area contributed by atoms with E-state index in [-0.39, 0.29) is 24.5 Å². The monoisotopic (exact) mass is 325 g/mol. The summed E-state index contributed by atoms with van der Waals surface area (Å²) in [6, 6.07) is 9.71. The topological polar surface area (TPSA) is 67.2 Å². The second-order valence-electron chi connectivity index (χ2n) is 7.08. The van der Waals surface area contributed by atoms with Crippen LogP contribution in [0.5, 0.6) is 0 Å². The highest BCUT2D eigenvalue weighted by atomic mass is 16.3. The Morgan fingerprint density at radius 1 is 1.25 bits per heavy atom. The first-order valence-electron chi connectivity index (χ1n) is 8.72. The van der Waals surface area contributed by atoms with Gasteiger partial charge in [0.15, 0.2) is 0 Å². The molecule has 0 radical (unpaired) electrons. The highest BCUT2D eigenvalue weighted by molar-refractivity contribution is 5.94. The Bertz CT molecular complexity index is 696. The predicted octanol–water partition coefficient (Wildman–Crippen LogP) is 2.07. The van der Waals surface area contributed by atoms with E-state index in [1.807, 2.05) is 41.2 Å². The van der Waals surface area contributed by atoms with Gasteiger partial charge in [-0.2, -0.15) is 5.10 Å². The van der Waals surface area contributed by atoms with Crippen molar-refractivity contribution in [3.8, 4) is 0 Å². The van der Waals surface area contributed by atoms with Gasteiger partial charge in [0.25, 0.3) is 5.91 Å². The van der Waals surface area contributed by atoms with Crippen LogP contribution in [0.2, 0.25) is 0 Å². The second-order valence-corrected chi connectivity index (χ2v) is 7.08. The molecule has 2 aliphatic carbocycles. The molecule has 5 nitrogen and oxygen atoms in total. The van der Waals surface area contributed by atoms with Gasteiger partial charge in [0.1, 0.15) is 0 Å². The number of fused-ring (bicyclic) bond motifs is 2. The molecule has 2 bridgehead atoms. The smallest absolute Gasteiger partial charge is 0.251 e. The minimum atomic E-state index is -0.0309. The van der Waals surface area contributed by atoms with Gasteiger partial charge in [0.05, 0.1) is 6.54 Å². The molecule has 1 aromatic heterocycles. The molecule has 0 saturated heterocycles. The third-order valence-electron chi connectivity index (χ3n) is 5.72. The first-order valence-corrected chi connectivity index (χ1v) is 8.72. The van der Waals surface area contributed by atoms with Crippen molar-refractivity contribution in [1.82, 2.24) is 15.1 Å². The summed E-state index contributed by atoms with van der Waals surface area (Å²) in [5, 5.41) is 17.0. The molecule has 1 heterocycles. The van der Waals surface area contributed by atoms with E-state index < -0.39 is 0 Å². The van der Waals surface area contributed by atoms with Crippen LogP contribution in [0.4, 0.5) is 0 Å². The number of carbonyl (C=O) groups is 1. The van der Waals surface area contributed by atoms with E-state index in [1.54, 1.807) is 6.20 Å². The summed E-state index contributed by atoms with van der Waals surface area (Å²) in [6.07, 6.45) is 7.21. The average molecular weight is 325 g/mol. The average Bonchev–Trinajstić information content (AvgIpc) is 3.33. The van der Waals surface area contributed by atoms with Crippen LogP contribution >= 0.6 is 0 Å². The number of aliphatic hydroxyl groups is 1. The zero-order valence-electron chi connectivity index (χ0n) is 13.6. The highest BCUT2D eigenvalue weighted by Crippen LogP contribution is 2.48. The molecule has 2 aromatic rings. The summed E-state index contributed by atoms with van der Waals surface area (Å²) in [4.78, 5) is 12.6. The van der Waals surface area contributed by atoms with Crippen molar-refractivity contribution >= 4 is 5.91 Å². The number of aromatic nitrogens is 2. The molecule has 2 saturated carbocycles. The van der Waals surface area contributed by atoms with Gasteiger partial charge in [0, 0.05) is 36.5 Å². The number of rotatable bonds is 5. The Kier molecular flexibility index (Phi) is 4.10. The van der Waals surface area contributed by atoms with E-state index >= 15 is 0 Å². The van der Waals surface area contributed by atoms with Gasteiger partial charge in [-0.25, -0.2) is 0 Å². The van der Waals surface area contributed by atoms with Gasteiger partial charge in [-0.1, -0.05) is 12.1 Å². The number of amides is 1. The van der Waals surface area contributed by atoms with Gasteiger partial charge in [-0.15, -0.1) is 0 Å². The molecule has 4 unspecified atom stereocenters. The summed E-state index contributed by atoms with van der Waals surface area (Å²) >= 11 is 0. The van der Waals surface area contributed by atoms with Crippen molar-refractivity contribution < 1.29 is 9.90 Å². The van der Waals surface area contributed by atoms with E-state index in [0.717, 1.165) is 12.0 Å². The van der Waals surface area contributed by atoms with E-state index in [9.17, 15) is 9.90 Å². The maximum atomic E-state index is 12.6. The molecule has 0 spiro atoms. The number of hydrogen-bond acceptors (Lipinski definition) is 3. The number of aliphatic hydroxyl groups excluding tert-OH is 1. The standard InChI is InChI=1S/C19H23N3O2/c23-12-17-15-6-7-16(10-15)18(17)21-19(24)14-4-2-13(3-5-14)11-22-9-1-8-20-22/h1-5,8-9,15-18,23H,6-7,10-12H2,(H,21,24). The third-order valence-corrected chi connectivity index (χ3v) is 5.72. The number of nitrogens with zero attached hydrogens (tertiary/aromatic N) is 2. The Morgan fingerprint density at radius 3 is 2.75 bits per heavy atom. The molecule has 2 N–H and O–H groups in total. The summed E-state index contributed by atoms with van der Waals surface area (Å²) in [6.45, 7) is 0.878. The molecular formula is C19H23N3O2. The Morgan fingerprint density at radius 2 is 2.04 bits per heavy atom. The minimum Gasteiger partial charge on any atom is -0.396 e. The first-order chi connectivity index (χ1) is 11.7. The Labute approximate surface area is 141 Å². The maximum Gasteiger partial charge on any atom is 0.251 e. The Hall–Kier alpha value is -2.14. The van der Waals surface area contributed by atoms with Gasteiger partial charge in [-0.05, 0) is 54.9 Å². The maximum absolute atomic E-state index is 12.6. The zero-order chi connectivity index (χ0) is 16.5. The van der Waals surface area contributed by atoms with Gasteiger partial charge in [-0.3, -0.25) is 9.48 Å². The quantitative estimate of drug-likeness (QED) is 0.884. The minimum absolute atomic E-state index is 0.0309. The van der Waals surface area contributed by atoms with Crippen molar-refractivity contribution in [2.24, 2.45) is 17.8 Å². The molecule has 1 amide bonds. The van der Waals surface area contributed by atoms with Gasteiger partial charge >= 0.3 is 0 Å². The van der Waals surface area contributed by atoms with Crippen molar-refractivity contribution in [3.63, 3.8) is 0 Å². The van der Waals surface area contributed by atoms with Crippen molar-refractivity contribution in [2.45, 2.75) is 31.8 Å². The predicted molar refractivity (Wildman–Crippen MR) is 90.4 cm³/mol. The summed E-state index contributed by atoms with van der Waals surface area (Å²) < 4.78 is 1.86. The SMILES string of the molecule is O=C(NC1C2CCC(C2)C1CO)c1ccc(Cn2cccn2)cc1. The largest absolute Gasteiger partial charge is 0.396 e. The lowest BCUT2D eigenvalue weighted by molar-refractivity contribution is 0.0861. The van der Waals surface area contributed by atoms with Crippen LogP contribution in [0.25, 0.3) is 0 Å². The molecule has 5 heteroatoms. The first kappa shape index (κ1) is 15.4. The van der Waals surface area contributed by atoms with Gasteiger partial charge in [0.2, 0.25) is 0 Å². The van der Waals surface area contributed by atoms with Crippen LogP contribution < -0.4 is 5.32 Å². The van der Waals surface area contributed by atoms with Crippen LogP contribution in [0, 0.1) is 17.8 Å². The molecular weight excluding hydrogens is 302 g/mol. The van der Waals surface area contributed by atoms with Crippen LogP contribution in [-0.2, 0) is 6.54 Å². The summed E-state index contributed by atoms with van der Waals surface area (Å²) in [5.74, 6) is 1.32. The molecule has 2 fully saturated rings. The molecule has 24 heavy (non-hydrogen) atoms. The summed E-state index contributed by atoms with van der Waals surface area (Å²) in [5.41, 5.74) is 1.79. The van der Waals surface area contributed by atoms with Crippen molar-refractivity contribution in [2.75, 3.05) is 6.61 Å². The molecule has 126 valence electrons. The van der Waals surface area contributed by atoms with E-state index in [0.29, 0.717) is 23.9 Å². The zero-order valence-corrected chi connectivity index (χ0v) is 13.6. The van der Waals surface area contributed by atoms with Crippen LogP contribution in [0.1, 0.15) is 35.2 Å². The Balaban J connectivity index is 1.41. The number of benzene rings is 1. The van der Waals surface area contributed by atoms with Crippen LogP contribution in [-0.4, -0.2) is 33.4 Å². The van der Waals surface area contributed by atoms with E-state index in [1.165, 1.54) is 12.8 Å². The molecule has 1 aromatic carbocycles. The lowest BCUT2D eigenvalue weighted by Crippen LogP contribution is -2.45. The van der Waals surface area contributed by atoms with Crippen molar-refractivity contribution in [1.29, 1.82) is 0 Å². The fourth-order valence-corrected chi connectivity index (χ4v) is 4.48. The van der Waals surface area contributed by atoms with Crippen molar-refractivity contribution in [3.05, 3.63) is 53.9 Å². The fraction of sp³-hybridized carbons (Fsp3) is 0.474. The molecule has 0 aliphatic heterocycles. The number of carbonyl (C=O) groups excluding carboxylic acids is 1. The number of nitrogens with one attached hydrogen (secondary N) is 1. The van der Waals surface area contributed by atoms with Crippen LogP contribution in [0.15, 0.2) is 42.7 Å². The normalized spacial score (nSPS) is 28.2. The molecule has 4 atom stereocenters. The second kappa shape index (κ2) is 6.40. The highest BCUT2D eigenvalue weighted by Gasteiger charge is 2.47. The van der Waals surface area contributed by atoms with Crippen LogP contribution in [0.3, 0.4) is 0 Å². The number of hydrogen-bond donors (Lipinski definition) is 2. The van der Waals surface area contributed by atoms with E-state index in [2.05, 4.69) is 10.4 Å². The molecule has 4 rings (SSSR count). The van der Waals surface area contributed by atoms with Gasteiger partial charge < -0.3 is 10.4 Å². The lowest BCUT2D eigenvalue weighted by atomic mass is 9.85. The third kappa shape index (κ3) is 2.84. The van der Waals surface area contributed by atoms with E-state index in [4.69, 9.17) is 0 Å². The lowest BCUT2D eigenvalue weighted by Gasteiger charge is -2.30. The molecule has 2 aliphatic rings. The summed E-state index contributed by atoms with van der Waals surface area (Å²) in [7, 11) is 0. The fourth-order valence-electron chi connectivity index (χ4n) is 4.48.